The van der Waals surface area contributed by atoms with Crippen molar-refractivity contribution in [3.05, 3.63) is 81.9 Å². The molecular weight excluding hydrogens is 540 g/mol. The number of nitriles is 1. The Hall–Kier alpha value is -3.22. The van der Waals surface area contributed by atoms with E-state index in [1.165, 1.54) is 12.1 Å². The number of fused-ring (bicyclic) bond motifs is 1. The summed E-state index contributed by atoms with van der Waals surface area (Å²) in [6.45, 7) is 3.83. The van der Waals surface area contributed by atoms with E-state index >= 15 is 8.78 Å². The van der Waals surface area contributed by atoms with Gasteiger partial charge in [-0.3, -0.25) is 0 Å². The SMILES string of the molecule is CC1c2c(cc(F)c(Cl)c2-c2c(C#N)ccc(OC[C@H](C)O[C@H]3CCCCO3)c2F)OC1(CO)c1ccccc1. The van der Waals surface area contributed by atoms with Crippen molar-refractivity contribution in [2.24, 2.45) is 0 Å². The monoisotopic (exact) mass is 569 g/mol. The van der Waals surface area contributed by atoms with Gasteiger partial charge in [-0.1, -0.05) is 48.9 Å². The van der Waals surface area contributed by atoms with Crippen molar-refractivity contribution in [2.45, 2.75) is 57.0 Å². The first-order valence-corrected chi connectivity index (χ1v) is 13.7. The Morgan fingerprint density at radius 1 is 1.18 bits per heavy atom. The lowest BCUT2D eigenvalue weighted by atomic mass is 9.78. The zero-order chi connectivity index (χ0) is 28.4. The first-order valence-electron chi connectivity index (χ1n) is 13.3. The van der Waals surface area contributed by atoms with Gasteiger partial charge < -0.3 is 24.1 Å². The summed E-state index contributed by atoms with van der Waals surface area (Å²) >= 11 is 6.50. The second-order valence-electron chi connectivity index (χ2n) is 10.2. The molecule has 2 unspecified atom stereocenters. The topological polar surface area (TPSA) is 80.9 Å². The van der Waals surface area contributed by atoms with Crippen molar-refractivity contribution in [3.63, 3.8) is 0 Å². The highest BCUT2D eigenvalue weighted by Gasteiger charge is 2.49. The minimum Gasteiger partial charge on any atom is -0.488 e. The van der Waals surface area contributed by atoms with Crippen LogP contribution in [0.4, 0.5) is 8.78 Å². The number of benzene rings is 3. The standard InChI is InChI=1S/C31H30ClF2NO5/c1-18(39-25-10-6-7-13-37-25)16-38-23-12-11-20(15-35)27(30(23)34)28-26-19(2)31(17-36,21-8-4-3-5-9-21)40-24(26)14-22(33)29(28)32/h3-5,8-9,11-12,14,18-19,25,36H,6-7,10,13,16-17H2,1-2H3/t18-,19?,25-,31?/m0/s1. The lowest BCUT2D eigenvalue weighted by Crippen LogP contribution is -2.38. The number of ether oxygens (including phenoxy) is 4. The van der Waals surface area contributed by atoms with Gasteiger partial charge in [0.1, 0.15) is 18.2 Å². The molecular formula is C31H30ClF2NO5. The number of hydrogen-bond acceptors (Lipinski definition) is 6. The molecule has 5 rings (SSSR count). The van der Waals surface area contributed by atoms with Crippen LogP contribution in [0.3, 0.4) is 0 Å². The minimum absolute atomic E-state index is 0.00479. The molecule has 1 fully saturated rings. The second-order valence-corrected chi connectivity index (χ2v) is 10.5. The molecule has 4 atom stereocenters. The average Bonchev–Trinajstić information content (AvgIpc) is 3.26. The van der Waals surface area contributed by atoms with Crippen LogP contribution in [-0.4, -0.2) is 37.3 Å². The highest BCUT2D eigenvalue weighted by molar-refractivity contribution is 6.34. The van der Waals surface area contributed by atoms with Gasteiger partial charge in [0, 0.05) is 35.3 Å². The molecule has 3 aromatic rings. The number of nitrogens with zero attached hydrogens (tertiary/aromatic N) is 1. The second kappa shape index (κ2) is 11.7. The molecule has 210 valence electrons. The number of aliphatic hydroxyl groups is 1. The molecule has 0 aromatic heterocycles. The summed E-state index contributed by atoms with van der Waals surface area (Å²) in [7, 11) is 0. The molecule has 40 heavy (non-hydrogen) atoms. The Balaban J connectivity index is 1.54. The van der Waals surface area contributed by atoms with Crippen molar-refractivity contribution in [2.75, 3.05) is 19.8 Å². The molecule has 2 aliphatic rings. The summed E-state index contributed by atoms with van der Waals surface area (Å²) in [6.07, 6.45) is 2.05. The molecule has 1 N–H and O–H groups in total. The fraction of sp³-hybridized carbons (Fsp3) is 0.387. The summed E-state index contributed by atoms with van der Waals surface area (Å²) in [5.41, 5.74) is -0.452. The molecule has 0 saturated carbocycles. The van der Waals surface area contributed by atoms with Crippen LogP contribution in [0.1, 0.15) is 55.7 Å². The third kappa shape index (κ3) is 5.04. The van der Waals surface area contributed by atoms with E-state index in [2.05, 4.69) is 0 Å². The first kappa shape index (κ1) is 28.3. The fourth-order valence-electron chi connectivity index (χ4n) is 5.51. The molecule has 2 aliphatic heterocycles. The third-order valence-electron chi connectivity index (χ3n) is 7.62. The van der Waals surface area contributed by atoms with Gasteiger partial charge in [0.05, 0.1) is 29.4 Å². The Morgan fingerprint density at radius 3 is 2.62 bits per heavy atom. The maximum atomic E-state index is 16.2. The van der Waals surface area contributed by atoms with Gasteiger partial charge in [-0.2, -0.15) is 5.26 Å². The Bertz CT molecular complexity index is 1420. The van der Waals surface area contributed by atoms with Crippen LogP contribution in [-0.2, 0) is 15.1 Å². The van der Waals surface area contributed by atoms with E-state index in [0.29, 0.717) is 17.7 Å². The van der Waals surface area contributed by atoms with Crippen LogP contribution in [0.5, 0.6) is 11.5 Å². The molecule has 6 nitrogen and oxygen atoms in total. The molecule has 3 aromatic carbocycles. The first-order chi connectivity index (χ1) is 19.3. The highest BCUT2D eigenvalue weighted by atomic mass is 35.5. The van der Waals surface area contributed by atoms with Gasteiger partial charge >= 0.3 is 0 Å². The predicted octanol–water partition coefficient (Wildman–Crippen LogP) is 6.85. The van der Waals surface area contributed by atoms with E-state index < -0.39 is 35.9 Å². The summed E-state index contributed by atoms with van der Waals surface area (Å²) in [6, 6.07) is 14.9. The molecule has 1 saturated heterocycles. The Labute approximate surface area is 237 Å². The molecule has 0 aliphatic carbocycles. The van der Waals surface area contributed by atoms with Crippen LogP contribution >= 0.6 is 11.6 Å². The van der Waals surface area contributed by atoms with Crippen LogP contribution in [0, 0.1) is 23.0 Å². The maximum absolute atomic E-state index is 16.2. The number of hydrogen-bond donors (Lipinski definition) is 1. The molecule has 0 bridgehead atoms. The van der Waals surface area contributed by atoms with E-state index in [-0.39, 0.29) is 46.1 Å². The molecule has 9 heteroatoms. The van der Waals surface area contributed by atoms with Crippen molar-refractivity contribution in [3.8, 4) is 28.7 Å². The van der Waals surface area contributed by atoms with Crippen LogP contribution in [0.25, 0.3) is 11.1 Å². The van der Waals surface area contributed by atoms with Gasteiger partial charge in [0.15, 0.2) is 23.5 Å². The number of halogens is 3. The summed E-state index contributed by atoms with van der Waals surface area (Å²) in [5.74, 6) is -2.29. The Kier molecular flexibility index (Phi) is 8.29. The van der Waals surface area contributed by atoms with Gasteiger partial charge in [-0.25, -0.2) is 8.78 Å². The summed E-state index contributed by atoms with van der Waals surface area (Å²) < 4.78 is 54.9. The van der Waals surface area contributed by atoms with E-state index in [1.54, 1.807) is 38.1 Å². The predicted molar refractivity (Wildman–Crippen MR) is 145 cm³/mol. The number of aliphatic hydroxyl groups excluding tert-OH is 1. The molecule has 0 amide bonds. The average molecular weight is 570 g/mol. The zero-order valence-corrected chi connectivity index (χ0v) is 23.0. The van der Waals surface area contributed by atoms with Crippen molar-refractivity contribution in [1.29, 1.82) is 5.26 Å². The third-order valence-corrected chi connectivity index (χ3v) is 7.99. The minimum atomic E-state index is -1.26. The molecule has 0 spiro atoms. The smallest absolute Gasteiger partial charge is 0.174 e. The molecule has 0 radical (unpaired) electrons. The van der Waals surface area contributed by atoms with Crippen LogP contribution in [0.2, 0.25) is 5.02 Å². The lowest BCUT2D eigenvalue weighted by molar-refractivity contribution is -0.189. The lowest BCUT2D eigenvalue weighted by Gasteiger charge is -2.31. The van der Waals surface area contributed by atoms with Crippen LogP contribution < -0.4 is 9.47 Å². The zero-order valence-electron chi connectivity index (χ0n) is 22.3. The van der Waals surface area contributed by atoms with Gasteiger partial charge in [0.25, 0.3) is 0 Å². The number of rotatable bonds is 8. The quantitative estimate of drug-likeness (QED) is 0.319. The largest absolute Gasteiger partial charge is 0.488 e. The van der Waals surface area contributed by atoms with Crippen molar-refractivity contribution in [1.82, 2.24) is 0 Å². The van der Waals surface area contributed by atoms with Crippen LogP contribution in [0.15, 0.2) is 48.5 Å². The molecule has 2 heterocycles. The van der Waals surface area contributed by atoms with E-state index in [4.69, 9.17) is 30.5 Å². The fourth-order valence-corrected chi connectivity index (χ4v) is 5.76. The summed E-state index contributed by atoms with van der Waals surface area (Å²) in [4.78, 5) is 0. The van der Waals surface area contributed by atoms with Gasteiger partial charge in [-0.15, -0.1) is 0 Å². The van der Waals surface area contributed by atoms with Gasteiger partial charge in [-0.05, 0) is 43.9 Å². The van der Waals surface area contributed by atoms with E-state index in [1.807, 2.05) is 12.1 Å². The highest BCUT2D eigenvalue weighted by Crippen LogP contribution is 2.56. The maximum Gasteiger partial charge on any atom is 0.174 e. The van der Waals surface area contributed by atoms with Crippen molar-refractivity contribution < 1.29 is 32.8 Å². The summed E-state index contributed by atoms with van der Waals surface area (Å²) in [5, 5.41) is 20.1. The van der Waals surface area contributed by atoms with Crippen molar-refractivity contribution >= 4 is 11.6 Å². The van der Waals surface area contributed by atoms with Gasteiger partial charge in [0.2, 0.25) is 0 Å². The normalized spacial score (nSPS) is 22.7. The van der Waals surface area contributed by atoms with E-state index in [0.717, 1.165) is 25.3 Å². The van der Waals surface area contributed by atoms with E-state index in [9.17, 15) is 10.4 Å². The Morgan fingerprint density at radius 2 is 1.95 bits per heavy atom.